The molecule has 0 aromatic carbocycles. The number of aliphatic hydroxyl groups excluding tert-OH is 3. The van der Waals surface area contributed by atoms with E-state index in [2.05, 4.69) is 45.6 Å². The van der Waals surface area contributed by atoms with Gasteiger partial charge in [0, 0.05) is 12.8 Å². The molecule has 4 aliphatic carbocycles. The molecule has 4 nitrogen and oxygen atoms in total. The van der Waals surface area contributed by atoms with Gasteiger partial charge in [-0.3, -0.25) is 4.79 Å². The number of hydrogen-bond donors (Lipinski definition) is 3. The number of ketones is 1. The Kier molecular flexibility index (Phi) is 9.03. The Labute approximate surface area is 224 Å². The standard InChI is InChI=1S/C33H50O4/c1-5-6-7-10-30(36)33(18-19-33)31(37)16-11-22(2)27-14-15-28-24(9-8-17-32(27,28)4)12-13-25-20-26(34)21-29(35)23(25)3/h11-13,16,22,26-29,31,34-35,37H,3,5-10,14-15,17-21H2,1-2,4H3/t22-,26-,27-,28+,29+,31+,32-/m1/s1. The number of hydrogen-bond acceptors (Lipinski definition) is 4. The summed E-state index contributed by atoms with van der Waals surface area (Å²) in [4.78, 5) is 12.8. The van der Waals surface area contributed by atoms with Crippen molar-refractivity contribution in [2.75, 3.05) is 0 Å². The van der Waals surface area contributed by atoms with Crippen LogP contribution in [0.1, 0.15) is 104 Å². The fourth-order valence-electron chi connectivity index (χ4n) is 7.87. The van der Waals surface area contributed by atoms with Crippen molar-refractivity contribution in [1.29, 1.82) is 0 Å². The van der Waals surface area contributed by atoms with Crippen LogP contribution in [0, 0.1) is 28.6 Å². The maximum absolute atomic E-state index is 12.8. The van der Waals surface area contributed by atoms with Crippen LogP contribution in [0.4, 0.5) is 0 Å². The van der Waals surface area contributed by atoms with E-state index >= 15 is 0 Å². The largest absolute Gasteiger partial charge is 0.393 e. The van der Waals surface area contributed by atoms with Crippen LogP contribution in [0.15, 0.2) is 47.6 Å². The van der Waals surface area contributed by atoms with E-state index in [-0.39, 0.29) is 11.2 Å². The molecule has 0 saturated heterocycles. The predicted molar refractivity (Wildman–Crippen MR) is 150 cm³/mol. The zero-order valence-electron chi connectivity index (χ0n) is 23.4. The second kappa shape index (κ2) is 11.7. The van der Waals surface area contributed by atoms with Crippen LogP contribution in [0.25, 0.3) is 0 Å². The molecule has 206 valence electrons. The van der Waals surface area contributed by atoms with Crippen molar-refractivity contribution in [2.45, 2.75) is 123 Å². The lowest BCUT2D eigenvalue weighted by molar-refractivity contribution is -0.127. The molecule has 3 N–H and O–H groups in total. The summed E-state index contributed by atoms with van der Waals surface area (Å²) >= 11 is 0. The van der Waals surface area contributed by atoms with Gasteiger partial charge >= 0.3 is 0 Å². The fourth-order valence-corrected chi connectivity index (χ4v) is 7.87. The van der Waals surface area contributed by atoms with Crippen LogP contribution in [-0.2, 0) is 4.79 Å². The van der Waals surface area contributed by atoms with Crippen LogP contribution in [0.5, 0.6) is 0 Å². The number of carbonyl (C=O) groups is 1. The van der Waals surface area contributed by atoms with Crippen molar-refractivity contribution in [3.63, 3.8) is 0 Å². The van der Waals surface area contributed by atoms with Gasteiger partial charge in [-0.15, -0.1) is 0 Å². The van der Waals surface area contributed by atoms with E-state index in [4.69, 9.17) is 0 Å². The Balaban J connectivity index is 1.42. The molecule has 0 radical (unpaired) electrons. The SMILES string of the molecule is C=C1C(=CC=C2CCC[C@]3(C)[C@@H]([C@H](C)C=C[C@H](O)C4(C(=O)CCCCC)CC4)CC[C@@H]23)C[C@@H](O)C[C@@H]1O. The van der Waals surface area contributed by atoms with Crippen LogP contribution in [0.2, 0.25) is 0 Å². The highest BCUT2D eigenvalue weighted by molar-refractivity contribution is 5.88. The molecular formula is C33H50O4. The maximum Gasteiger partial charge on any atom is 0.141 e. The number of unbranched alkanes of at least 4 members (excludes halogenated alkanes) is 2. The van der Waals surface area contributed by atoms with Gasteiger partial charge in [-0.05, 0) is 92.1 Å². The summed E-state index contributed by atoms with van der Waals surface area (Å²) in [6, 6.07) is 0. The molecule has 0 aromatic rings. The van der Waals surface area contributed by atoms with Gasteiger partial charge < -0.3 is 15.3 Å². The van der Waals surface area contributed by atoms with E-state index < -0.39 is 23.7 Å². The van der Waals surface area contributed by atoms with Crippen molar-refractivity contribution in [1.82, 2.24) is 0 Å². The van der Waals surface area contributed by atoms with E-state index in [1.54, 1.807) is 0 Å². The molecule has 0 heterocycles. The third kappa shape index (κ3) is 5.92. The Morgan fingerprint density at radius 3 is 2.59 bits per heavy atom. The van der Waals surface area contributed by atoms with Gasteiger partial charge in [0.2, 0.25) is 0 Å². The molecule has 0 bridgehead atoms. The number of fused-ring (bicyclic) bond motifs is 1. The highest BCUT2D eigenvalue weighted by Gasteiger charge is 2.54. The molecule has 7 atom stereocenters. The van der Waals surface area contributed by atoms with Gasteiger partial charge in [0.05, 0.1) is 23.7 Å². The van der Waals surface area contributed by atoms with Crippen molar-refractivity contribution in [3.8, 4) is 0 Å². The molecule has 0 aliphatic heterocycles. The molecule has 4 fully saturated rings. The maximum atomic E-state index is 12.8. The Hall–Kier alpha value is -1.49. The molecule has 4 aliphatic rings. The summed E-state index contributed by atoms with van der Waals surface area (Å²) in [5.74, 6) is 1.72. The summed E-state index contributed by atoms with van der Waals surface area (Å²) in [6.45, 7) is 11.0. The molecule has 0 amide bonds. The van der Waals surface area contributed by atoms with Crippen molar-refractivity contribution in [3.05, 3.63) is 47.6 Å². The van der Waals surface area contributed by atoms with Gasteiger partial charge in [0.15, 0.2) is 0 Å². The lowest BCUT2D eigenvalue weighted by Gasteiger charge is -2.44. The highest BCUT2D eigenvalue weighted by Crippen LogP contribution is 2.60. The van der Waals surface area contributed by atoms with E-state index in [1.807, 2.05) is 6.08 Å². The molecular weight excluding hydrogens is 460 g/mol. The smallest absolute Gasteiger partial charge is 0.141 e. The highest BCUT2D eigenvalue weighted by atomic mass is 16.3. The second-order valence-corrected chi connectivity index (χ2v) is 12.9. The number of allylic oxidation sites excluding steroid dienone is 4. The minimum atomic E-state index is -0.656. The van der Waals surface area contributed by atoms with E-state index in [0.717, 1.165) is 49.7 Å². The summed E-state index contributed by atoms with van der Waals surface area (Å²) in [5, 5.41) is 31.3. The zero-order valence-corrected chi connectivity index (χ0v) is 23.4. The molecule has 4 saturated carbocycles. The Bertz CT molecular complexity index is 938. The summed E-state index contributed by atoms with van der Waals surface area (Å²) in [7, 11) is 0. The summed E-state index contributed by atoms with van der Waals surface area (Å²) in [6.07, 6.45) is 18.9. The van der Waals surface area contributed by atoms with E-state index in [9.17, 15) is 20.1 Å². The topological polar surface area (TPSA) is 77.8 Å². The van der Waals surface area contributed by atoms with Gasteiger partial charge in [0.1, 0.15) is 5.78 Å². The summed E-state index contributed by atoms with van der Waals surface area (Å²) < 4.78 is 0. The predicted octanol–water partition coefficient (Wildman–Crippen LogP) is 6.61. The third-order valence-corrected chi connectivity index (χ3v) is 10.5. The summed E-state index contributed by atoms with van der Waals surface area (Å²) in [5.41, 5.74) is 2.94. The van der Waals surface area contributed by atoms with Crippen LogP contribution in [0.3, 0.4) is 0 Å². The van der Waals surface area contributed by atoms with Crippen LogP contribution in [-0.4, -0.2) is 39.4 Å². The number of aliphatic hydroxyl groups is 3. The lowest BCUT2D eigenvalue weighted by Crippen LogP contribution is -2.35. The van der Waals surface area contributed by atoms with Crippen LogP contribution < -0.4 is 0 Å². The van der Waals surface area contributed by atoms with Crippen LogP contribution >= 0.6 is 0 Å². The normalized spacial score (nSPS) is 37.2. The van der Waals surface area contributed by atoms with Crippen molar-refractivity contribution < 1.29 is 20.1 Å². The first-order valence-electron chi connectivity index (χ1n) is 15.0. The lowest BCUT2D eigenvalue weighted by atomic mass is 9.61. The van der Waals surface area contributed by atoms with Gasteiger partial charge in [-0.2, -0.15) is 0 Å². The van der Waals surface area contributed by atoms with E-state index in [1.165, 1.54) is 31.3 Å². The average Bonchev–Trinajstić information content (AvgIpc) is 3.60. The van der Waals surface area contributed by atoms with Gasteiger partial charge in [-0.25, -0.2) is 0 Å². The zero-order chi connectivity index (χ0) is 26.8. The van der Waals surface area contributed by atoms with E-state index in [0.29, 0.717) is 37.0 Å². The molecule has 4 heteroatoms. The van der Waals surface area contributed by atoms with Gasteiger partial charge in [-0.1, -0.05) is 70.1 Å². The average molecular weight is 511 g/mol. The third-order valence-electron chi connectivity index (χ3n) is 10.5. The molecule has 0 spiro atoms. The minimum Gasteiger partial charge on any atom is -0.393 e. The van der Waals surface area contributed by atoms with Crippen molar-refractivity contribution in [2.24, 2.45) is 28.6 Å². The quantitative estimate of drug-likeness (QED) is 0.228. The molecule has 0 aromatic heterocycles. The first-order chi connectivity index (χ1) is 17.6. The second-order valence-electron chi connectivity index (χ2n) is 12.9. The molecule has 4 rings (SSSR count). The number of carbonyl (C=O) groups excluding carboxylic acids is 1. The Morgan fingerprint density at radius 1 is 1.14 bits per heavy atom. The Morgan fingerprint density at radius 2 is 1.89 bits per heavy atom. The van der Waals surface area contributed by atoms with Crippen molar-refractivity contribution >= 4 is 5.78 Å². The monoisotopic (exact) mass is 510 g/mol. The van der Waals surface area contributed by atoms with Gasteiger partial charge in [0.25, 0.3) is 0 Å². The number of Topliss-reactive ketones (excluding diaryl/α,β-unsaturated/α-hetero) is 1. The first kappa shape index (κ1) is 28.5. The number of rotatable bonds is 10. The fraction of sp³-hybridized carbons (Fsp3) is 0.727. The first-order valence-corrected chi connectivity index (χ1v) is 15.0. The minimum absolute atomic E-state index is 0.229. The molecule has 0 unspecified atom stereocenters. The molecule has 37 heavy (non-hydrogen) atoms.